The second-order valence-electron chi connectivity index (χ2n) is 5.74. The van der Waals surface area contributed by atoms with Gasteiger partial charge >= 0.3 is 0 Å². The quantitative estimate of drug-likeness (QED) is 0.621. The molecule has 1 saturated heterocycles. The molecular weight excluding hydrogens is 358 g/mol. The number of carbonyl (C=O) groups is 1. The van der Waals surface area contributed by atoms with Crippen LogP contribution in [0.4, 0.5) is 5.69 Å². The fourth-order valence-corrected chi connectivity index (χ4v) is 3.64. The Morgan fingerprint density at radius 1 is 1.42 bits per heavy atom. The molecule has 0 atom stereocenters. The van der Waals surface area contributed by atoms with Crippen molar-refractivity contribution >= 4 is 33.2 Å². The average Bonchev–Trinajstić information content (AvgIpc) is 2.52. The van der Waals surface area contributed by atoms with Gasteiger partial charge in [-0.05, 0) is 30.9 Å². The summed E-state index contributed by atoms with van der Waals surface area (Å²) >= 11 is 5.72. The van der Waals surface area contributed by atoms with Gasteiger partial charge in [0.2, 0.25) is 10.0 Å². The molecule has 0 unspecified atom stereocenters. The number of amides is 1. The molecule has 2 rings (SSSR count). The number of rotatable bonds is 5. The lowest BCUT2D eigenvalue weighted by Crippen LogP contribution is -2.41. The summed E-state index contributed by atoms with van der Waals surface area (Å²) in [6.45, 7) is 1.27. The predicted molar refractivity (Wildman–Crippen MR) is 89.6 cm³/mol. The van der Waals surface area contributed by atoms with Gasteiger partial charge in [-0.3, -0.25) is 14.9 Å². The van der Waals surface area contributed by atoms with Crippen LogP contribution in [0.15, 0.2) is 18.2 Å². The topological polar surface area (TPSA) is 110 Å². The highest BCUT2D eigenvalue weighted by atomic mass is 35.5. The number of piperidine rings is 1. The van der Waals surface area contributed by atoms with E-state index in [0.29, 0.717) is 32.5 Å². The summed E-state index contributed by atoms with van der Waals surface area (Å²) in [6.07, 6.45) is 2.50. The smallest absolute Gasteiger partial charge is 0.288 e. The molecule has 1 aromatic rings. The van der Waals surface area contributed by atoms with Gasteiger partial charge in [0.25, 0.3) is 11.6 Å². The van der Waals surface area contributed by atoms with Crippen LogP contribution in [-0.4, -0.2) is 49.4 Å². The molecule has 10 heteroatoms. The van der Waals surface area contributed by atoms with Gasteiger partial charge in [0, 0.05) is 31.3 Å². The molecule has 0 aromatic heterocycles. The van der Waals surface area contributed by atoms with Crippen LogP contribution in [0.25, 0.3) is 0 Å². The van der Waals surface area contributed by atoms with Gasteiger partial charge in [-0.1, -0.05) is 11.6 Å². The van der Waals surface area contributed by atoms with Crippen molar-refractivity contribution < 1.29 is 18.1 Å². The van der Waals surface area contributed by atoms with Crippen molar-refractivity contribution in [3.8, 4) is 0 Å². The summed E-state index contributed by atoms with van der Waals surface area (Å²) in [7, 11) is -3.17. The van der Waals surface area contributed by atoms with E-state index >= 15 is 0 Å². The van der Waals surface area contributed by atoms with Gasteiger partial charge in [0.1, 0.15) is 5.02 Å². The number of carbonyl (C=O) groups excluding carboxylic acids is 1. The molecule has 1 aromatic carbocycles. The number of hydrogen-bond donors (Lipinski definition) is 1. The Bertz CT molecular complexity index is 745. The van der Waals surface area contributed by atoms with E-state index in [4.69, 9.17) is 11.6 Å². The van der Waals surface area contributed by atoms with Crippen LogP contribution in [0.2, 0.25) is 5.02 Å². The summed E-state index contributed by atoms with van der Waals surface area (Å²) in [4.78, 5) is 22.3. The molecule has 0 spiro atoms. The van der Waals surface area contributed by atoms with Crippen molar-refractivity contribution in [1.82, 2.24) is 9.62 Å². The lowest BCUT2D eigenvalue weighted by Gasteiger charge is -2.30. The minimum absolute atomic E-state index is 0.0234. The van der Waals surface area contributed by atoms with Crippen molar-refractivity contribution in [2.45, 2.75) is 12.8 Å². The zero-order valence-electron chi connectivity index (χ0n) is 13.1. The van der Waals surface area contributed by atoms with E-state index in [1.807, 2.05) is 0 Å². The van der Waals surface area contributed by atoms with Crippen LogP contribution in [0.5, 0.6) is 0 Å². The van der Waals surface area contributed by atoms with Crippen LogP contribution in [-0.2, 0) is 10.0 Å². The van der Waals surface area contributed by atoms with E-state index in [2.05, 4.69) is 5.32 Å². The average molecular weight is 376 g/mol. The molecule has 0 saturated carbocycles. The number of benzene rings is 1. The third-order valence-corrected chi connectivity index (χ3v) is 5.62. The summed E-state index contributed by atoms with van der Waals surface area (Å²) < 4.78 is 24.3. The molecule has 1 heterocycles. The molecular formula is C14H18ClN3O5S. The SMILES string of the molecule is CS(=O)(=O)N1CCC(CNC(=O)c2ccc(Cl)c([N+](=O)[O-])c2)CC1. The standard InChI is InChI=1S/C14H18ClN3O5S/c1-24(22,23)17-6-4-10(5-7-17)9-16-14(19)11-2-3-12(15)13(8-11)18(20)21/h2-3,8,10H,4-7,9H2,1H3,(H,16,19). The predicted octanol–water partition coefficient (Wildman–Crippen LogP) is 1.65. The van der Waals surface area contributed by atoms with Crippen LogP contribution in [0, 0.1) is 16.0 Å². The van der Waals surface area contributed by atoms with E-state index in [0.717, 1.165) is 6.07 Å². The molecule has 0 bridgehead atoms. The Hall–Kier alpha value is -1.71. The van der Waals surface area contributed by atoms with Gasteiger partial charge in [0.05, 0.1) is 11.2 Å². The van der Waals surface area contributed by atoms with E-state index < -0.39 is 20.9 Å². The molecule has 24 heavy (non-hydrogen) atoms. The molecule has 8 nitrogen and oxygen atoms in total. The Kier molecular flexibility index (Phi) is 5.79. The highest BCUT2D eigenvalue weighted by Gasteiger charge is 2.25. The Balaban J connectivity index is 1.90. The Morgan fingerprint density at radius 3 is 2.58 bits per heavy atom. The highest BCUT2D eigenvalue weighted by molar-refractivity contribution is 7.88. The third kappa shape index (κ3) is 4.65. The number of nitro benzene ring substituents is 1. The fourth-order valence-electron chi connectivity index (χ4n) is 2.58. The molecule has 1 N–H and O–H groups in total. The van der Waals surface area contributed by atoms with Gasteiger partial charge in [0.15, 0.2) is 0 Å². The maximum absolute atomic E-state index is 12.1. The van der Waals surface area contributed by atoms with E-state index in [1.165, 1.54) is 22.7 Å². The van der Waals surface area contributed by atoms with Crippen molar-refractivity contribution in [2.75, 3.05) is 25.9 Å². The first-order valence-electron chi connectivity index (χ1n) is 7.35. The molecule has 132 valence electrons. The fraction of sp³-hybridized carbons (Fsp3) is 0.500. The number of sulfonamides is 1. The zero-order valence-corrected chi connectivity index (χ0v) is 14.6. The van der Waals surface area contributed by atoms with Gasteiger partial charge in [-0.15, -0.1) is 0 Å². The van der Waals surface area contributed by atoms with Crippen molar-refractivity contribution in [3.63, 3.8) is 0 Å². The minimum Gasteiger partial charge on any atom is -0.352 e. The molecule has 1 fully saturated rings. The van der Waals surface area contributed by atoms with Crippen LogP contribution < -0.4 is 5.32 Å². The van der Waals surface area contributed by atoms with E-state index in [9.17, 15) is 23.3 Å². The first kappa shape index (κ1) is 18.6. The van der Waals surface area contributed by atoms with Crippen molar-refractivity contribution in [3.05, 3.63) is 38.9 Å². The van der Waals surface area contributed by atoms with Gasteiger partial charge in [-0.25, -0.2) is 12.7 Å². The normalized spacial score (nSPS) is 16.8. The number of hydrogen-bond acceptors (Lipinski definition) is 5. The van der Waals surface area contributed by atoms with E-state index in [-0.39, 0.29) is 22.2 Å². The van der Waals surface area contributed by atoms with Gasteiger partial charge < -0.3 is 5.32 Å². The minimum atomic E-state index is -3.17. The largest absolute Gasteiger partial charge is 0.352 e. The maximum atomic E-state index is 12.1. The summed E-state index contributed by atoms with van der Waals surface area (Å²) in [6, 6.07) is 3.89. The molecule has 1 aliphatic heterocycles. The Labute approximate surface area is 145 Å². The lowest BCUT2D eigenvalue weighted by atomic mass is 9.98. The Morgan fingerprint density at radius 2 is 2.04 bits per heavy atom. The molecule has 0 aliphatic carbocycles. The second kappa shape index (κ2) is 7.45. The van der Waals surface area contributed by atoms with Crippen molar-refractivity contribution in [1.29, 1.82) is 0 Å². The molecule has 1 amide bonds. The monoisotopic (exact) mass is 375 g/mol. The first-order valence-corrected chi connectivity index (χ1v) is 9.58. The van der Waals surface area contributed by atoms with E-state index in [1.54, 1.807) is 0 Å². The second-order valence-corrected chi connectivity index (χ2v) is 8.13. The maximum Gasteiger partial charge on any atom is 0.288 e. The van der Waals surface area contributed by atoms with Crippen LogP contribution in [0.1, 0.15) is 23.2 Å². The van der Waals surface area contributed by atoms with Crippen LogP contribution >= 0.6 is 11.6 Å². The number of halogens is 1. The highest BCUT2D eigenvalue weighted by Crippen LogP contribution is 2.25. The van der Waals surface area contributed by atoms with Gasteiger partial charge in [-0.2, -0.15) is 0 Å². The van der Waals surface area contributed by atoms with Crippen LogP contribution in [0.3, 0.4) is 0 Å². The summed E-state index contributed by atoms with van der Waals surface area (Å²) in [5.74, 6) is -0.241. The molecule has 1 aliphatic rings. The lowest BCUT2D eigenvalue weighted by molar-refractivity contribution is -0.384. The number of nitrogens with zero attached hydrogens (tertiary/aromatic N) is 2. The molecule has 0 radical (unpaired) electrons. The summed E-state index contributed by atoms with van der Waals surface area (Å²) in [5.41, 5.74) is -0.148. The number of nitrogens with one attached hydrogen (secondary N) is 1. The number of nitro groups is 1. The first-order chi connectivity index (χ1) is 11.2. The summed E-state index contributed by atoms with van der Waals surface area (Å²) in [5, 5.41) is 13.6. The zero-order chi connectivity index (χ0) is 17.9. The third-order valence-electron chi connectivity index (χ3n) is 4.00. The van der Waals surface area contributed by atoms with Crippen molar-refractivity contribution in [2.24, 2.45) is 5.92 Å².